The molecule has 0 amide bonds. The summed E-state index contributed by atoms with van der Waals surface area (Å²) in [4.78, 5) is 12.3. The van der Waals surface area contributed by atoms with Gasteiger partial charge in [0.25, 0.3) is 0 Å². The molecule has 0 spiro atoms. The lowest BCUT2D eigenvalue weighted by Gasteiger charge is -2.13. The van der Waals surface area contributed by atoms with E-state index in [1.165, 1.54) is 26.0 Å². The Morgan fingerprint density at radius 1 is 0.971 bits per heavy atom. The number of hydrogen-bond acceptors (Lipinski definition) is 3. The smallest absolute Gasteiger partial charge is 0.426 e. The lowest BCUT2D eigenvalue weighted by atomic mass is 10.1. The van der Waals surface area contributed by atoms with E-state index in [2.05, 4.69) is 0 Å². The number of allylic oxidation sites excluding steroid dienone is 2. The summed E-state index contributed by atoms with van der Waals surface area (Å²) < 4.78 is 106. The molecule has 1 aliphatic carbocycles. The van der Waals surface area contributed by atoms with Crippen molar-refractivity contribution < 1.29 is 45.0 Å². The SMILES string of the molecule is CC1(C)[C@H](C(=O)OCc2c(F)c(F)c(COc3ccccc3)c(F)c2F)[C@@H]1C=C(Cl)C(F)(F)F. The van der Waals surface area contributed by atoms with Crippen LogP contribution in [0.15, 0.2) is 41.4 Å². The topological polar surface area (TPSA) is 35.5 Å². The molecular weight excluding hydrogens is 493 g/mol. The molecule has 2 aromatic rings. The number of carbonyl (C=O) groups is 1. The number of benzene rings is 2. The molecule has 0 heterocycles. The average Bonchev–Trinajstić information content (AvgIpc) is 3.31. The minimum atomic E-state index is -4.80. The van der Waals surface area contributed by atoms with Gasteiger partial charge in [-0.1, -0.05) is 49.7 Å². The van der Waals surface area contributed by atoms with Gasteiger partial charge in [-0.2, -0.15) is 13.2 Å². The van der Waals surface area contributed by atoms with Crippen LogP contribution in [0.25, 0.3) is 0 Å². The van der Waals surface area contributed by atoms with Crippen molar-refractivity contribution in [2.45, 2.75) is 33.2 Å². The van der Waals surface area contributed by atoms with Crippen LogP contribution >= 0.6 is 11.6 Å². The maximum absolute atomic E-state index is 14.4. The molecule has 34 heavy (non-hydrogen) atoms. The normalized spacial score (nSPS) is 19.6. The minimum absolute atomic E-state index is 0.210. The van der Waals surface area contributed by atoms with Gasteiger partial charge >= 0.3 is 12.1 Å². The van der Waals surface area contributed by atoms with Crippen LogP contribution in [0.4, 0.5) is 30.7 Å². The zero-order valence-corrected chi connectivity index (χ0v) is 18.5. The molecule has 3 nitrogen and oxygen atoms in total. The maximum atomic E-state index is 14.4. The standard InChI is InChI=1S/C23H18ClF7O3/c1-22(2)14(8-15(24)23(29,30)31)16(22)21(32)34-10-13-19(27)17(25)12(18(26)20(13)28)9-33-11-6-4-3-5-7-11/h3-8,14,16H,9-10H2,1-2H3/t14-,16-/m0/s1. The largest absolute Gasteiger partial charge is 0.489 e. The van der Waals surface area contributed by atoms with Crippen LogP contribution in [0.1, 0.15) is 25.0 Å². The molecular formula is C23H18ClF7O3. The third-order valence-electron chi connectivity index (χ3n) is 5.69. The maximum Gasteiger partial charge on any atom is 0.426 e. The Morgan fingerprint density at radius 3 is 1.97 bits per heavy atom. The van der Waals surface area contributed by atoms with Crippen LogP contribution in [-0.2, 0) is 22.7 Å². The number of esters is 1. The highest BCUT2D eigenvalue weighted by Crippen LogP contribution is 2.60. The van der Waals surface area contributed by atoms with E-state index in [0.29, 0.717) is 6.08 Å². The Kier molecular flexibility index (Phi) is 7.21. The first-order valence-corrected chi connectivity index (χ1v) is 10.3. The van der Waals surface area contributed by atoms with E-state index in [0.717, 1.165) is 0 Å². The molecule has 184 valence electrons. The van der Waals surface area contributed by atoms with Gasteiger partial charge in [-0.25, -0.2) is 17.6 Å². The summed E-state index contributed by atoms with van der Waals surface area (Å²) in [5, 5.41) is -1.42. The second kappa shape index (κ2) is 9.48. The molecule has 1 saturated carbocycles. The lowest BCUT2D eigenvalue weighted by molar-refractivity contribution is -0.147. The quantitative estimate of drug-likeness (QED) is 0.233. The van der Waals surface area contributed by atoms with Crippen LogP contribution in [0, 0.1) is 40.5 Å². The molecule has 3 rings (SSSR count). The molecule has 2 atom stereocenters. The first-order chi connectivity index (χ1) is 15.8. The van der Waals surface area contributed by atoms with Crippen molar-refractivity contribution in [1.82, 2.24) is 0 Å². The van der Waals surface area contributed by atoms with Gasteiger partial charge in [-0.15, -0.1) is 0 Å². The summed E-state index contributed by atoms with van der Waals surface area (Å²) in [6.07, 6.45) is -4.14. The average molecular weight is 511 g/mol. The second-order valence-corrected chi connectivity index (χ2v) is 8.67. The Balaban J connectivity index is 1.73. The van der Waals surface area contributed by atoms with E-state index < -0.39 is 82.0 Å². The van der Waals surface area contributed by atoms with Crippen molar-refractivity contribution in [3.8, 4) is 5.75 Å². The number of alkyl halides is 3. The summed E-state index contributed by atoms with van der Waals surface area (Å²) >= 11 is 5.21. The predicted octanol–water partition coefficient (Wildman–Crippen LogP) is 6.82. The van der Waals surface area contributed by atoms with E-state index >= 15 is 0 Å². The zero-order valence-electron chi connectivity index (χ0n) is 17.8. The highest BCUT2D eigenvalue weighted by Gasteiger charge is 2.62. The Bertz CT molecular complexity index is 1080. The summed E-state index contributed by atoms with van der Waals surface area (Å²) in [6.45, 7) is 0.978. The van der Waals surface area contributed by atoms with E-state index in [1.807, 2.05) is 0 Å². The number of para-hydroxylation sites is 1. The Morgan fingerprint density at radius 2 is 1.47 bits per heavy atom. The number of ether oxygens (including phenoxy) is 2. The number of carbonyl (C=O) groups excluding carboxylic acids is 1. The second-order valence-electron chi connectivity index (χ2n) is 8.26. The molecule has 1 aliphatic rings. The fourth-order valence-corrected chi connectivity index (χ4v) is 3.71. The Hall–Kier alpha value is -2.75. The van der Waals surface area contributed by atoms with Crippen molar-refractivity contribution >= 4 is 17.6 Å². The van der Waals surface area contributed by atoms with Crippen molar-refractivity contribution in [1.29, 1.82) is 0 Å². The molecule has 0 unspecified atom stereocenters. The zero-order chi connectivity index (χ0) is 25.4. The van der Waals surface area contributed by atoms with Crippen LogP contribution in [0.2, 0.25) is 0 Å². The summed E-state index contributed by atoms with van der Waals surface area (Å²) in [5.74, 6) is -9.90. The first kappa shape index (κ1) is 25.9. The lowest BCUT2D eigenvalue weighted by Crippen LogP contribution is -2.15. The van der Waals surface area contributed by atoms with Crippen molar-refractivity contribution in [2.75, 3.05) is 0 Å². The molecule has 1 fully saturated rings. The van der Waals surface area contributed by atoms with Gasteiger partial charge in [-0.05, 0) is 23.5 Å². The third-order valence-corrected chi connectivity index (χ3v) is 6.03. The molecule has 0 bridgehead atoms. The fourth-order valence-electron chi connectivity index (χ4n) is 3.57. The highest BCUT2D eigenvalue weighted by atomic mass is 35.5. The fraction of sp³-hybridized carbons (Fsp3) is 0.348. The van der Waals surface area contributed by atoms with Crippen molar-refractivity contribution in [3.05, 3.63) is 75.8 Å². The molecule has 11 heteroatoms. The summed E-state index contributed by atoms with van der Waals surface area (Å²) in [7, 11) is 0. The van der Waals surface area contributed by atoms with Gasteiger partial charge in [0.05, 0.1) is 17.0 Å². The molecule has 0 aliphatic heterocycles. The number of hydrogen-bond donors (Lipinski definition) is 0. The molecule has 0 radical (unpaired) electrons. The molecule has 0 N–H and O–H groups in total. The summed E-state index contributed by atoms with van der Waals surface area (Å²) in [5.41, 5.74) is -3.15. The van der Waals surface area contributed by atoms with Gasteiger partial charge < -0.3 is 9.47 Å². The van der Waals surface area contributed by atoms with Gasteiger partial charge in [0.2, 0.25) is 0 Å². The van der Waals surface area contributed by atoms with Gasteiger partial charge in [0, 0.05) is 0 Å². The van der Waals surface area contributed by atoms with E-state index in [9.17, 15) is 35.5 Å². The minimum Gasteiger partial charge on any atom is -0.489 e. The first-order valence-electron chi connectivity index (χ1n) is 9.89. The monoisotopic (exact) mass is 510 g/mol. The molecule has 0 aromatic heterocycles. The van der Waals surface area contributed by atoms with Crippen LogP contribution in [-0.4, -0.2) is 12.1 Å². The van der Waals surface area contributed by atoms with Gasteiger partial charge in [0.15, 0.2) is 23.3 Å². The molecule has 0 saturated heterocycles. The molecule has 2 aromatic carbocycles. The van der Waals surface area contributed by atoms with Gasteiger partial charge in [-0.3, -0.25) is 4.79 Å². The van der Waals surface area contributed by atoms with E-state index in [-0.39, 0.29) is 5.75 Å². The predicted molar refractivity (Wildman–Crippen MR) is 108 cm³/mol. The highest BCUT2D eigenvalue weighted by molar-refractivity contribution is 6.30. The Labute approximate surface area is 195 Å². The number of rotatable bonds is 7. The summed E-state index contributed by atoms with van der Waals surface area (Å²) in [6, 6.07) is 7.77. The third kappa shape index (κ3) is 5.16. The number of halogens is 8. The van der Waals surface area contributed by atoms with E-state index in [4.69, 9.17) is 21.1 Å². The van der Waals surface area contributed by atoms with Crippen LogP contribution < -0.4 is 4.74 Å². The van der Waals surface area contributed by atoms with Crippen LogP contribution in [0.5, 0.6) is 5.75 Å². The van der Waals surface area contributed by atoms with E-state index in [1.54, 1.807) is 18.2 Å². The van der Waals surface area contributed by atoms with Crippen molar-refractivity contribution in [3.63, 3.8) is 0 Å². The van der Waals surface area contributed by atoms with Crippen molar-refractivity contribution in [2.24, 2.45) is 17.3 Å². The van der Waals surface area contributed by atoms with Crippen LogP contribution in [0.3, 0.4) is 0 Å². The van der Waals surface area contributed by atoms with Gasteiger partial charge in [0.1, 0.15) is 24.0 Å².